The van der Waals surface area contributed by atoms with Crippen LogP contribution in [0, 0.1) is 0 Å². The SMILES string of the molecule is CCCCCCCCCOC(=O)CCCCCCCC(=O)OCC(COC(=O)CCCCCCC(=O)OC(CCCCCCCC)CCCCCCCC)OC(=O)CCCN(C)C. The minimum atomic E-state index is -0.882. The van der Waals surface area contributed by atoms with Crippen molar-refractivity contribution in [1.29, 1.82) is 0 Å². The van der Waals surface area contributed by atoms with Gasteiger partial charge in [0, 0.05) is 32.1 Å². The molecule has 11 heteroatoms. The summed E-state index contributed by atoms with van der Waals surface area (Å²) in [6, 6.07) is 0. The molecule has 0 aliphatic heterocycles. The Bertz CT molecular complexity index is 1080. The maximum atomic E-state index is 12.8. The summed E-state index contributed by atoms with van der Waals surface area (Å²) in [4.78, 5) is 64.5. The highest BCUT2D eigenvalue weighted by atomic mass is 16.6. The second-order valence-electron chi connectivity index (χ2n) is 18.1. The molecule has 0 fully saturated rings. The number of rotatable bonds is 47. The molecule has 0 spiro atoms. The van der Waals surface area contributed by atoms with Gasteiger partial charge < -0.3 is 28.6 Å². The molecular formula is C52H97NO10. The number of carbonyl (C=O) groups is 5. The number of esters is 5. The molecule has 0 aliphatic rings. The maximum Gasteiger partial charge on any atom is 0.306 e. The van der Waals surface area contributed by atoms with Gasteiger partial charge in [0.25, 0.3) is 0 Å². The Balaban J connectivity index is 4.46. The van der Waals surface area contributed by atoms with E-state index in [1.54, 1.807) is 0 Å². The van der Waals surface area contributed by atoms with E-state index in [1.165, 1.54) is 96.3 Å². The van der Waals surface area contributed by atoms with Crippen LogP contribution in [0.5, 0.6) is 0 Å². The van der Waals surface area contributed by atoms with E-state index < -0.39 is 18.0 Å². The number of carbonyl (C=O) groups excluding carboxylic acids is 5. The summed E-state index contributed by atoms with van der Waals surface area (Å²) in [5.41, 5.74) is 0. The Morgan fingerprint density at radius 3 is 1.08 bits per heavy atom. The minimum Gasteiger partial charge on any atom is -0.466 e. The van der Waals surface area contributed by atoms with Gasteiger partial charge in [-0.05, 0) is 84.8 Å². The lowest BCUT2D eigenvalue weighted by Crippen LogP contribution is -2.31. The Kier molecular flexibility index (Phi) is 43.9. The molecule has 0 aromatic heterocycles. The van der Waals surface area contributed by atoms with Crippen molar-refractivity contribution in [3.05, 3.63) is 0 Å². The van der Waals surface area contributed by atoms with Gasteiger partial charge in [-0.15, -0.1) is 0 Å². The average molecular weight is 896 g/mol. The van der Waals surface area contributed by atoms with Crippen LogP contribution in [0.15, 0.2) is 0 Å². The highest BCUT2D eigenvalue weighted by Gasteiger charge is 2.20. The summed E-state index contributed by atoms with van der Waals surface area (Å²) >= 11 is 0. The molecule has 0 heterocycles. The maximum absolute atomic E-state index is 12.8. The molecule has 0 rings (SSSR count). The molecule has 0 aromatic carbocycles. The lowest BCUT2D eigenvalue weighted by atomic mass is 10.0. The van der Waals surface area contributed by atoms with Gasteiger partial charge in [0.05, 0.1) is 6.61 Å². The van der Waals surface area contributed by atoms with Crippen molar-refractivity contribution in [3.8, 4) is 0 Å². The van der Waals surface area contributed by atoms with E-state index in [1.807, 2.05) is 19.0 Å². The Labute approximate surface area is 385 Å². The molecule has 0 aliphatic carbocycles. The van der Waals surface area contributed by atoms with Crippen LogP contribution in [0.4, 0.5) is 0 Å². The molecule has 0 saturated carbocycles. The molecule has 0 radical (unpaired) electrons. The fraction of sp³-hybridized carbons (Fsp3) is 0.904. The molecule has 0 bridgehead atoms. The predicted octanol–water partition coefficient (Wildman–Crippen LogP) is 13.1. The van der Waals surface area contributed by atoms with Crippen molar-refractivity contribution in [2.24, 2.45) is 0 Å². The summed E-state index contributed by atoms with van der Waals surface area (Å²) < 4.78 is 27.8. The van der Waals surface area contributed by atoms with Crippen molar-refractivity contribution in [3.63, 3.8) is 0 Å². The van der Waals surface area contributed by atoms with Gasteiger partial charge in [0.2, 0.25) is 0 Å². The third kappa shape index (κ3) is 44.3. The van der Waals surface area contributed by atoms with Crippen LogP contribution in [0.25, 0.3) is 0 Å². The first-order valence-electron chi connectivity index (χ1n) is 26.1. The largest absolute Gasteiger partial charge is 0.466 e. The quantitative estimate of drug-likeness (QED) is 0.0328. The fourth-order valence-corrected chi connectivity index (χ4v) is 7.51. The third-order valence-electron chi connectivity index (χ3n) is 11.5. The summed E-state index contributed by atoms with van der Waals surface area (Å²) in [5.74, 6) is -1.46. The van der Waals surface area contributed by atoms with E-state index in [9.17, 15) is 24.0 Å². The number of hydrogen-bond donors (Lipinski definition) is 0. The smallest absolute Gasteiger partial charge is 0.306 e. The second kappa shape index (κ2) is 45.9. The second-order valence-corrected chi connectivity index (χ2v) is 18.1. The van der Waals surface area contributed by atoms with Crippen LogP contribution in [0.1, 0.15) is 252 Å². The van der Waals surface area contributed by atoms with E-state index in [4.69, 9.17) is 23.7 Å². The molecule has 370 valence electrons. The van der Waals surface area contributed by atoms with Gasteiger partial charge in [0.1, 0.15) is 19.3 Å². The predicted molar refractivity (Wildman–Crippen MR) is 254 cm³/mol. The lowest BCUT2D eigenvalue weighted by Gasteiger charge is -2.18. The number of unbranched alkanes of at least 4 members (excludes halogenated alkanes) is 23. The van der Waals surface area contributed by atoms with Crippen molar-refractivity contribution in [2.45, 2.75) is 264 Å². The van der Waals surface area contributed by atoms with Gasteiger partial charge in [-0.2, -0.15) is 0 Å². The van der Waals surface area contributed by atoms with Gasteiger partial charge in [-0.3, -0.25) is 24.0 Å². The van der Waals surface area contributed by atoms with Gasteiger partial charge in [-0.25, -0.2) is 0 Å². The molecule has 0 aromatic rings. The molecule has 1 unspecified atom stereocenters. The zero-order valence-electron chi connectivity index (χ0n) is 41.5. The molecule has 1 atom stereocenters. The van der Waals surface area contributed by atoms with Crippen molar-refractivity contribution in [2.75, 3.05) is 40.5 Å². The summed E-state index contributed by atoms with van der Waals surface area (Å²) in [5, 5.41) is 0. The Hall–Kier alpha value is -2.69. The van der Waals surface area contributed by atoms with Crippen LogP contribution in [-0.2, 0) is 47.7 Å². The van der Waals surface area contributed by atoms with Gasteiger partial charge >= 0.3 is 29.8 Å². The normalized spacial score (nSPS) is 11.8. The lowest BCUT2D eigenvalue weighted by molar-refractivity contribution is -0.167. The van der Waals surface area contributed by atoms with E-state index in [2.05, 4.69) is 20.8 Å². The van der Waals surface area contributed by atoms with Crippen LogP contribution >= 0.6 is 0 Å². The number of ether oxygens (including phenoxy) is 5. The van der Waals surface area contributed by atoms with Crippen LogP contribution in [0.2, 0.25) is 0 Å². The highest BCUT2D eigenvalue weighted by Crippen LogP contribution is 2.19. The van der Waals surface area contributed by atoms with Crippen LogP contribution in [0.3, 0.4) is 0 Å². The first kappa shape index (κ1) is 60.3. The standard InChI is InChI=1S/C52H97NO10/c1-6-9-12-15-18-26-33-43-59-48(54)37-29-22-19-23-30-38-49(55)60-44-47(63-52(58)41-34-42-53(4)5)45-61-50(56)39-31-24-25-32-40-51(57)62-46(35-27-20-16-13-10-7-2)36-28-21-17-14-11-8-3/h46-47H,6-45H2,1-5H3. The number of nitrogens with zero attached hydrogens (tertiary/aromatic N) is 1. The zero-order valence-corrected chi connectivity index (χ0v) is 41.5. The summed E-state index contributed by atoms with van der Waals surface area (Å²) in [6.45, 7) is 7.55. The van der Waals surface area contributed by atoms with Crippen LogP contribution in [-0.4, -0.2) is 87.4 Å². The molecular weight excluding hydrogens is 799 g/mol. The molecule has 0 saturated heterocycles. The molecule has 0 N–H and O–H groups in total. The van der Waals surface area contributed by atoms with Crippen LogP contribution < -0.4 is 0 Å². The Morgan fingerprint density at radius 1 is 0.349 bits per heavy atom. The minimum absolute atomic E-state index is 0.0180. The summed E-state index contributed by atoms with van der Waals surface area (Å²) in [6.07, 6.45) is 33.3. The summed E-state index contributed by atoms with van der Waals surface area (Å²) in [7, 11) is 3.86. The molecule has 0 amide bonds. The zero-order chi connectivity index (χ0) is 46.4. The van der Waals surface area contributed by atoms with E-state index in [-0.39, 0.29) is 56.5 Å². The highest BCUT2D eigenvalue weighted by molar-refractivity contribution is 5.71. The first-order chi connectivity index (χ1) is 30.6. The van der Waals surface area contributed by atoms with Gasteiger partial charge in [-0.1, -0.05) is 156 Å². The van der Waals surface area contributed by atoms with Crippen molar-refractivity contribution >= 4 is 29.8 Å². The van der Waals surface area contributed by atoms with Crippen molar-refractivity contribution < 1.29 is 47.7 Å². The topological polar surface area (TPSA) is 135 Å². The number of hydrogen-bond acceptors (Lipinski definition) is 11. The Morgan fingerprint density at radius 2 is 0.667 bits per heavy atom. The van der Waals surface area contributed by atoms with E-state index in [0.29, 0.717) is 38.7 Å². The van der Waals surface area contributed by atoms with Gasteiger partial charge in [0.15, 0.2) is 6.10 Å². The molecule has 63 heavy (non-hydrogen) atoms. The van der Waals surface area contributed by atoms with E-state index in [0.717, 1.165) is 90.0 Å². The molecule has 11 nitrogen and oxygen atoms in total. The third-order valence-corrected chi connectivity index (χ3v) is 11.5. The first-order valence-corrected chi connectivity index (χ1v) is 26.1. The van der Waals surface area contributed by atoms with Crippen molar-refractivity contribution in [1.82, 2.24) is 4.90 Å². The monoisotopic (exact) mass is 896 g/mol. The fourth-order valence-electron chi connectivity index (χ4n) is 7.51. The van der Waals surface area contributed by atoms with E-state index >= 15 is 0 Å². The average Bonchev–Trinajstić information content (AvgIpc) is 3.25.